The number of likely N-dealkylation sites (tertiary alicyclic amines) is 1. The topological polar surface area (TPSA) is 62.4 Å². The third-order valence-electron chi connectivity index (χ3n) is 6.00. The van der Waals surface area contributed by atoms with Crippen LogP contribution in [0.2, 0.25) is 0 Å². The van der Waals surface area contributed by atoms with Crippen molar-refractivity contribution in [2.45, 2.75) is 25.7 Å². The molecular weight excluding hydrogens is 376 g/mol. The number of ketones is 1. The number of hydrogen-bond donors (Lipinski definition) is 1. The van der Waals surface area contributed by atoms with E-state index in [0.717, 1.165) is 35.2 Å². The largest absolute Gasteiger partial charge is 0.384 e. The van der Waals surface area contributed by atoms with E-state index in [1.165, 1.54) is 5.39 Å². The number of ether oxygens (including phenoxy) is 1. The molecule has 2 aromatic carbocycles. The second kappa shape index (κ2) is 9.26. The molecule has 5 nitrogen and oxygen atoms in total. The second-order valence-corrected chi connectivity index (χ2v) is 8.01. The summed E-state index contributed by atoms with van der Waals surface area (Å²) in [6.07, 6.45) is 2.38. The molecule has 30 heavy (non-hydrogen) atoms. The SMILES string of the molecule is COCCC(=O)N1CCC(C(=O)Cc2ccc(-c3cc4ccccc4[nH]3)cc2)CC1. The lowest BCUT2D eigenvalue weighted by Crippen LogP contribution is -2.40. The molecule has 1 fully saturated rings. The van der Waals surface area contributed by atoms with Gasteiger partial charge in [-0.05, 0) is 36.1 Å². The highest BCUT2D eigenvalue weighted by molar-refractivity contribution is 5.86. The molecule has 0 aliphatic carbocycles. The van der Waals surface area contributed by atoms with Gasteiger partial charge in [0.15, 0.2) is 0 Å². The maximum absolute atomic E-state index is 12.8. The number of piperidine rings is 1. The third-order valence-corrected chi connectivity index (χ3v) is 6.00. The maximum Gasteiger partial charge on any atom is 0.224 e. The summed E-state index contributed by atoms with van der Waals surface area (Å²) >= 11 is 0. The van der Waals surface area contributed by atoms with Crippen molar-refractivity contribution in [2.24, 2.45) is 5.92 Å². The minimum atomic E-state index is 0.0462. The van der Waals surface area contributed by atoms with Crippen LogP contribution in [-0.4, -0.2) is 48.4 Å². The molecule has 0 spiro atoms. The highest BCUT2D eigenvalue weighted by Gasteiger charge is 2.26. The van der Waals surface area contributed by atoms with Crippen LogP contribution in [0.3, 0.4) is 0 Å². The standard InChI is InChI=1S/C25H28N2O3/c1-30-15-12-25(29)27-13-10-20(11-14-27)24(28)16-18-6-8-19(9-7-18)23-17-21-4-2-3-5-22(21)26-23/h2-9,17,20,26H,10-16H2,1H3. The number of fused-ring (bicyclic) bond motifs is 1. The van der Waals surface area contributed by atoms with Gasteiger partial charge >= 0.3 is 0 Å². The van der Waals surface area contributed by atoms with E-state index in [2.05, 4.69) is 35.3 Å². The van der Waals surface area contributed by atoms with Crippen molar-refractivity contribution in [1.29, 1.82) is 0 Å². The molecule has 0 bridgehead atoms. The minimum absolute atomic E-state index is 0.0462. The Morgan fingerprint density at radius 1 is 1.07 bits per heavy atom. The Bertz CT molecular complexity index is 981. The van der Waals surface area contributed by atoms with Crippen LogP contribution >= 0.6 is 0 Å². The summed E-state index contributed by atoms with van der Waals surface area (Å²) in [4.78, 5) is 30.1. The molecular formula is C25H28N2O3. The first kappa shape index (κ1) is 20.4. The predicted octanol–water partition coefficient (Wildman–Crippen LogP) is 4.22. The van der Waals surface area contributed by atoms with Crippen LogP contribution in [-0.2, 0) is 20.7 Å². The number of methoxy groups -OCH3 is 1. The van der Waals surface area contributed by atoms with Crippen molar-refractivity contribution in [3.05, 3.63) is 60.2 Å². The van der Waals surface area contributed by atoms with E-state index >= 15 is 0 Å². The molecule has 3 aromatic rings. The Hall–Kier alpha value is -2.92. The van der Waals surface area contributed by atoms with E-state index in [4.69, 9.17) is 4.74 Å². The molecule has 0 atom stereocenters. The summed E-state index contributed by atoms with van der Waals surface area (Å²) in [5, 5.41) is 1.19. The molecule has 1 amide bonds. The van der Waals surface area contributed by atoms with Crippen molar-refractivity contribution in [3.63, 3.8) is 0 Å². The van der Waals surface area contributed by atoms with E-state index in [0.29, 0.717) is 32.5 Å². The van der Waals surface area contributed by atoms with Gasteiger partial charge in [-0.3, -0.25) is 9.59 Å². The summed E-state index contributed by atoms with van der Waals surface area (Å²) in [6.45, 7) is 1.78. The second-order valence-electron chi connectivity index (χ2n) is 8.01. The Labute approximate surface area is 177 Å². The number of H-pyrrole nitrogens is 1. The van der Waals surface area contributed by atoms with E-state index in [-0.39, 0.29) is 17.6 Å². The lowest BCUT2D eigenvalue weighted by molar-refractivity contribution is -0.135. The molecule has 1 aromatic heterocycles. The number of aromatic nitrogens is 1. The number of benzene rings is 2. The van der Waals surface area contributed by atoms with Gasteiger partial charge in [0.05, 0.1) is 13.0 Å². The number of aromatic amines is 1. The summed E-state index contributed by atoms with van der Waals surface area (Å²) in [6, 6.07) is 18.6. The van der Waals surface area contributed by atoms with Crippen LogP contribution in [0.15, 0.2) is 54.6 Å². The number of para-hydroxylation sites is 1. The predicted molar refractivity (Wildman–Crippen MR) is 118 cm³/mol. The first-order chi connectivity index (χ1) is 14.6. The molecule has 0 saturated carbocycles. The van der Waals surface area contributed by atoms with Gasteiger partial charge in [-0.1, -0.05) is 42.5 Å². The molecule has 0 radical (unpaired) electrons. The fraction of sp³-hybridized carbons (Fsp3) is 0.360. The number of carbonyl (C=O) groups excluding carboxylic acids is 2. The van der Waals surface area contributed by atoms with Crippen LogP contribution in [0.1, 0.15) is 24.8 Å². The van der Waals surface area contributed by atoms with Crippen molar-refractivity contribution >= 4 is 22.6 Å². The Morgan fingerprint density at radius 2 is 1.80 bits per heavy atom. The molecule has 2 heterocycles. The minimum Gasteiger partial charge on any atom is -0.384 e. The van der Waals surface area contributed by atoms with Gasteiger partial charge in [0.1, 0.15) is 5.78 Å². The molecule has 1 aliphatic rings. The van der Waals surface area contributed by atoms with E-state index in [1.807, 2.05) is 29.2 Å². The molecule has 156 valence electrons. The molecule has 4 rings (SSSR count). The van der Waals surface area contributed by atoms with Gasteiger partial charge in [0.2, 0.25) is 5.91 Å². The zero-order chi connectivity index (χ0) is 20.9. The lowest BCUT2D eigenvalue weighted by atomic mass is 9.89. The number of hydrogen-bond acceptors (Lipinski definition) is 3. The number of rotatable bonds is 7. The number of nitrogens with one attached hydrogen (secondary N) is 1. The zero-order valence-corrected chi connectivity index (χ0v) is 17.4. The summed E-state index contributed by atoms with van der Waals surface area (Å²) in [5.74, 6) is 0.442. The average Bonchev–Trinajstić information content (AvgIpc) is 3.22. The highest BCUT2D eigenvalue weighted by Crippen LogP contribution is 2.25. The molecule has 1 saturated heterocycles. The monoisotopic (exact) mass is 404 g/mol. The number of Topliss-reactive ketones (excluding diaryl/α,β-unsaturated/α-hetero) is 1. The number of nitrogens with zero attached hydrogens (tertiary/aromatic N) is 1. The van der Waals surface area contributed by atoms with Gasteiger partial charge in [-0.2, -0.15) is 0 Å². The van der Waals surface area contributed by atoms with Gasteiger partial charge < -0.3 is 14.6 Å². The van der Waals surface area contributed by atoms with E-state index < -0.39 is 0 Å². The van der Waals surface area contributed by atoms with Crippen LogP contribution in [0.5, 0.6) is 0 Å². The lowest BCUT2D eigenvalue weighted by Gasteiger charge is -2.31. The highest BCUT2D eigenvalue weighted by atomic mass is 16.5. The van der Waals surface area contributed by atoms with Crippen molar-refractivity contribution in [3.8, 4) is 11.3 Å². The number of carbonyl (C=O) groups is 2. The van der Waals surface area contributed by atoms with Crippen LogP contribution in [0.4, 0.5) is 0 Å². The summed E-state index contributed by atoms with van der Waals surface area (Å²) in [7, 11) is 1.60. The number of amides is 1. The zero-order valence-electron chi connectivity index (χ0n) is 17.4. The van der Waals surface area contributed by atoms with Gasteiger partial charge in [0, 0.05) is 49.1 Å². The van der Waals surface area contributed by atoms with Crippen LogP contribution in [0.25, 0.3) is 22.2 Å². The fourth-order valence-electron chi connectivity index (χ4n) is 4.17. The van der Waals surface area contributed by atoms with Gasteiger partial charge in [-0.15, -0.1) is 0 Å². The molecule has 5 heteroatoms. The van der Waals surface area contributed by atoms with Crippen LogP contribution in [0, 0.1) is 5.92 Å². The fourth-order valence-corrected chi connectivity index (χ4v) is 4.17. The van der Waals surface area contributed by atoms with Crippen molar-refractivity contribution < 1.29 is 14.3 Å². The van der Waals surface area contributed by atoms with Crippen molar-refractivity contribution in [2.75, 3.05) is 26.8 Å². The maximum atomic E-state index is 12.8. The average molecular weight is 405 g/mol. The van der Waals surface area contributed by atoms with Gasteiger partial charge in [-0.25, -0.2) is 0 Å². The molecule has 1 N–H and O–H groups in total. The third kappa shape index (κ3) is 4.62. The van der Waals surface area contributed by atoms with Crippen molar-refractivity contribution in [1.82, 2.24) is 9.88 Å². The van der Waals surface area contributed by atoms with Gasteiger partial charge in [0.25, 0.3) is 0 Å². The Balaban J connectivity index is 1.32. The Kier molecular flexibility index (Phi) is 6.29. The molecule has 0 unspecified atom stereocenters. The normalized spacial score (nSPS) is 14.9. The Morgan fingerprint density at radius 3 is 2.50 bits per heavy atom. The first-order valence-electron chi connectivity index (χ1n) is 10.6. The van der Waals surface area contributed by atoms with E-state index in [1.54, 1.807) is 7.11 Å². The first-order valence-corrected chi connectivity index (χ1v) is 10.6. The smallest absolute Gasteiger partial charge is 0.224 e. The molecule has 1 aliphatic heterocycles. The summed E-state index contributed by atoms with van der Waals surface area (Å²) in [5.41, 5.74) is 4.36. The summed E-state index contributed by atoms with van der Waals surface area (Å²) < 4.78 is 4.98. The van der Waals surface area contributed by atoms with E-state index in [9.17, 15) is 9.59 Å². The van der Waals surface area contributed by atoms with Crippen LogP contribution < -0.4 is 0 Å². The quantitative estimate of drug-likeness (QED) is 0.641.